The Hall–Kier alpha value is -2.01. The predicted octanol–water partition coefficient (Wildman–Crippen LogP) is 3.38. The van der Waals surface area contributed by atoms with Crippen LogP contribution in [0.1, 0.15) is 29.5 Å². The number of rotatable bonds is 5. The maximum Gasteiger partial charge on any atom is 0.315 e. The lowest BCUT2D eigenvalue weighted by Gasteiger charge is -2.14. The number of amides is 2. The van der Waals surface area contributed by atoms with Crippen LogP contribution in [0, 0.1) is 13.8 Å². The molecule has 118 valence electrons. The molecule has 1 unspecified atom stereocenters. The topological polar surface area (TPSA) is 67.2 Å². The fraction of sp³-hybridized carbons (Fsp3) is 0.375. The highest BCUT2D eigenvalue weighted by Crippen LogP contribution is 2.14. The van der Waals surface area contributed by atoms with Gasteiger partial charge < -0.3 is 15.2 Å². The molecule has 0 bridgehead atoms. The van der Waals surface area contributed by atoms with E-state index in [2.05, 4.69) is 15.8 Å². The van der Waals surface area contributed by atoms with E-state index in [0.29, 0.717) is 18.0 Å². The maximum atomic E-state index is 11.9. The van der Waals surface area contributed by atoms with Gasteiger partial charge in [0, 0.05) is 23.2 Å². The zero-order valence-corrected chi connectivity index (χ0v) is 13.7. The molecule has 0 aliphatic carbocycles. The second-order valence-electron chi connectivity index (χ2n) is 5.36. The fourth-order valence-electron chi connectivity index (χ4n) is 2.21. The van der Waals surface area contributed by atoms with E-state index in [-0.39, 0.29) is 12.1 Å². The molecule has 0 radical (unpaired) electrons. The van der Waals surface area contributed by atoms with E-state index in [1.165, 1.54) is 0 Å². The van der Waals surface area contributed by atoms with Crippen molar-refractivity contribution in [2.24, 2.45) is 0 Å². The van der Waals surface area contributed by atoms with Gasteiger partial charge >= 0.3 is 6.03 Å². The summed E-state index contributed by atoms with van der Waals surface area (Å²) < 4.78 is 5.13. The van der Waals surface area contributed by atoms with Gasteiger partial charge in [-0.3, -0.25) is 0 Å². The van der Waals surface area contributed by atoms with Crippen LogP contribution in [0.5, 0.6) is 0 Å². The Labute approximate surface area is 135 Å². The maximum absolute atomic E-state index is 11.9. The summed E-state index contributed by atoms with van der Waals surface area (Å²) >= 11 is 5.82. The van der Waals surface area contributed by atoms with E-state index in [0.717, 1.165) is 22.6 Å². The van der Waals surface area contributed by atoms with Crippen LogP contribution < -0.4 is 10.6 Å². The summed E-state index contributed by atoms with van der Waals surface area (Å²) in [6.45, 7) is 6.19. The zero-order chi connectivity index (χ0) is 16.1. The summed E-state index contributed by atoms with van der Waals surface area (Å²) in [6, 6.07) is 7.16. The molecule has 0 aliphatic heterocycles. The van der Waals surface area contributed by atoms with E-state index < -0.39 is 0 Å². The van der Waals surface area contributed by atoms with Gasteiger partial charge in [-0.15, -0.1) is 0 Å². The van der Waals surface area contributed by atoms with E-state index in [4.69, 9.17) is 16.1 Å². The standard InChI is InChI=1S/C16H20ClN3O2/c1-10(8-15-11(2)20-22-12(15)3)19-16(21)18-9-13-4-6-14(17)7-5-13/h4-7,10H,8-9H2,1-3H3,(H2,18,19,21). The molecule has 2 rings (SSSR count). The van der Waals surface area contributed by atoms with Crippen LogP contribution in [0.25, 0.3) is 0 Å². The first-order valence-electron chi connectivity index (χ1n) is 7.16. The van der Waals surface area contributed by atoms with Crippen LogP contribution in [0.4, 0.5) is 4.79 Å². The Kier molecular flexibility index (Phi) is 5.44. The molecule has 0 saturated heterocycles. The predicted molar refractivity (Wildman–Crippen MR) is 86.0 cm³/mol. The SMILES string of the molecule is Cc1noc(C)c1CC(C)NC(=O)NCc1ccc(Cl)cc1. The molecule has 1 heterocycles. The molecule has 0 spiro atoms. The summed E-state index contributed by atoms with van der Waals surface area (Å²) in [4.78, 5) is 11.9. The third kappa shape index (κ3) is 4.49. The highest BCUT2D eigenvalue weighted by Gasteiger charge is 2.14. The number of urea groups is 1. The Balaban J connectivity index is 1.80. The number of hydrogen-bond acceptors (Lipinski definition) is 3. The summed E-state index contributed by atoms with van der Waals surface area (Å²) in [5.74, 6) is 0.799. The third-order valence-electron chi connectivity index (χ3n) is 3.44. The van der Waals surface area contributed by atoms with Crippen LogP contribution in [0.15, 0.2) is 28.8 Å². The number of carbonyl (C=O) groups is 1. The Morgan fingerprint density at radius 1 is 1.32 bits per heavy atom. The summed E-state index contributed by atoms with van der Waals surface area (Å²) in [7, 11) is 0. The van der Waals surface area contributed by atoms with Crippen LogP contribution in [-0.4, -0.2) is 17.2 Å². The molecule has 0 aliphatic rings. The lowest BCUT2D eigenvalue weighted by Crippen LogP contribution is -2.41. The minimum atomic E-state index is -0.200. The van der Waals surface area contributed by atoms with Crippen molar-refractivity contribution < 1.29 is 9.32 Å². The van der Waals surface area contributed by atoms with E-state index in [9.17, 15) is 4.79 Å². The number of carbonyl (C=O) groups excluding carboxylic acids is 1. The van der Waals surface area contributed by atoms with Crippen molar-refractivity contribution in [2.45, 2.75) is 39.8 Å². The van der Waals surface area contributed by atoms with Gasteiger partial charge in [-0.05, 0) is 44.9 Å². The van der Waals surface area contributed by atoms with Crippen molar-refractivity contribution in [3.63, 3.8) is 0 Å². The Bertz CT molecular complexity index is 618. The second-order valence-corrected chi connectivity index (χ2v) is 5.80. The van der Waals surface area contributed by atoms with Crippen LogP contribution in [-0.2, 0) is 13.0 Å². The third-order valence-corrected chi connectivity index (χ3v) is 3.69. The second kappa shape index (κ2) is 7.31. The molecular weight excluding hydrogens is 302 g/mol. The molecule has 1 aromatic carbocycles. The summed E-state index contributed by atoms with van der Waals surface area (Å²) in [5.41, 5.74) is 2.91. The van der Waals surface area contributed by atoms with E-state index in [1.54, 1.807) is 12.1 Å². The van der Waals surface area contributed by atoms with E-state index >= 15 is 0 Å². The first kappa shape index (κ1) is 16.4. The van der Waals surface area contributed by atoms with Crippen LogP contribution in [0.3, 0.4) is 0 Å². The number of halogens is 1. The molecular formula is C16H20ClN3O2. The average molecular weight is 322 g/mol. The lowest BCUT2D eigenvalue weighted by molar-refractivity contribution is 0.237. The van der Waals surface area contributed by atoms with Crippen molar-refractivity contribution in [3.8, 4) is 0 Å². The monoisotopic (exact) mass is 321 g/mol. The minimum absolute atomic E-state index is 0.0120. The number of aryl methyl sites for hydroxylation is 2. The molecule has 0 fully saturated rings. The van der Waals surface area contributed by atoms with Gasteiger partial charge in [0.15, 0.2) is 0 Å². The Morgan fingerprint density at radius 2 is 2.00 bits per heavy atom. The number of nitrogens with one attached hydrogen (secondary N) is 2. The molecule has 1 atom stereocenters. The fourth-order valence-corrected chi connectivity index (χ4v) is 2.34. The molecule has 2 aromatic rings. The number of nitrogens with zero attached hydrogens (tertiary/aromatic N) is 1. The molecule has 1 aromatic heterocycles. The molecule has 2 N–H and O–H groups in total. The smallest absolute Gasteiger partial charge is 0.315 e. The van der Waals surface area contributed by atoms with E-state index in [1.807, 2.05) is 32.9 Å². The molecule has 2 amide bonds. The quantitative estimate of drug-likeness (QED) is 0.887. The van der Waals surface area contributed by atoms with Crippen molar-refractivity contribution in [1.82, 2.24) is 15.8 Å². The van der Waals surface area contributed by atoms with Crippen molar-refractivity contribution in [3.05, 3.63) is 51.9 Å². The Morgan fingerprint density at radius 3 is 2.59 bits per heavy atom. The normalized spacial score (nSPS) is 12.0. The minimum Gasteiger partial charge on any atom is -0.361 e. The first-order chi connectivity index (χ1) is 10.5. The van der Waals surface area contributed by atoms with Gasteiger partial charge in [-0.25, -0.2) is 4.79 Å². The zero-order valence-electron chi connectivity index (χ0n) is 12.9. The molecule has 22 heavy (non-hydrogen) atoms. The largest absolute Gasteiger partial charge is 0.361 e. The highest BCUT2D eigenvalue weighted by molar-refractivity contribution is 6.30. The highest BCUT2D eigenvalue weighted by atomic mass is 35.5. The molecule has 6 heteroatoms. The van der Waals surface area contributed by atoms with Gasteiger partial charge in [0.2, 0.25) is 0 Å². The number of aromatic nitrogens is 1. The summed E-state index contributed by atoms with van der Waals surface area (Å²) in [6.07, 6.45) is 0.690. The van der Waals surface area contributed by atoms with Gasteiger partial charge in [0.25, 0.3) is 0 Å². The van der Waals surface area contributed by atoms with Crippen LogP contribution >= 0.6 is 11.6 Å². The first-order valence-corrected chi connectivity index (χ1v) is 7.54. The lowest BCUT2D eigenvalue weighted by atomic mass is 10.1. The van der Waals surface area contributed by atoms with Gasteiger partial charge in [-0.2, -0.15) is 0 Å². The van der Waals surface area contributed by atoms with Crippen LogP contribution in [0.2, 0.25) is 5.02 Å². The molecule has 0 saturated carbocycles. The van der Waals surface area contributed by atoms with Gasteiger partial charge in [-0.1, -0.05) is 28.9 Å². The average Bonchev–Trinajstić information content (AvgIpc) is 2.78. The van der Waals surface area contributed by atoms with Crippen molar-refractivity contribution in [1.29, 1.82) is 0 Å². The number of hydrogen-bond donors (Lipinski definition) is 2. The van der Waals surface area contributed by atoms with Crippen molar-refractivity contribution >= 4 is 17.6 Å². The van der Waals surface area contributed by atoms with Gasteiger partial charge in [0.1, 0.15) is 5.76 Å². The molecule has 5 nitrogen and oxygen atoms in total. The van der Waals surface area contributed by atoms with Crippen molar-refractivity contribution in [2.75, 3.05) is 0 Å². The summed E-state index contributed by atoms with van der Waals surface area (Å²) in [5, 5.41) is 10.3. The number of benzene rings is 1. The van der Waals surface area contributed by atoms with Gasteiger partial charge in [0.05, 0.1) is 5.69 Å².